The summed E-state index contributed by atoms with van der Waals surface area (Å²) in [5.74, 6) is -0.318. The lowest BCUT2D eigenvalue weighted by atomic mass is 10.3. The maximum atomic E-state index is 11.8. The molecule has 2 N–H and O–H groups in total. The van der Waals surface area contributed by atoms with Crippen molar-refractivity contribution >= 4 is 17.9 Å². The maximum Gasteiger partial charge on any atom is 0.321 e. The topological polar surface area (TPSA) is 137 Å². The molecule has 1 aliphatic rings. The van der Waals surface area contributed by atoms with Crippen molar-refractivity contribution in [1.82, 2.24) is 20.8 Å². The minimum Gasteiger partial charge on any atom is -0.461 e. The van der Waals surface area contributed by atoms with Crippen LogP contribution in [0.2, 0.25) is 0 Å². The van der Waals surface area contributed by atoms with E-state index in [1.165, 1.54) is 13.2 Å². The van der Waals surface area contributed by atoms with Crippen LogP contribution in [0.25, 0.3) is 11.6 Å². The smallest absolute Gasteiger partial charge is 0.321 e. The number of nitrogens with one attached hydrogen (secondary N) is 2. The molecule has 1 fully saturated rings. The van der Waals surface area contributed by atoms with Gasteiger partial charge in [-0.1, -0.05) is 5.16 Å². The first kappa shape index (κ1) is 17.6. The van der Waals surface area contributed by atoms with Crippen LogP contribution in [0.3, 0.4) is 0 Å². The predicted molar refractivity (Wildman–Crippen MR) is 85.6 cm³/mol. The normalized spacial score (nSPS) is 14.5. The molecule has 1 aliphatic carbocycles. The molecule has 138 valence electrons. The van der Waals surface area contributed by atoms with Gasteiger partial charge in [0.1, 0.15) is 0 Å². The second-order valence-corrected chi connectivity index (χ2v) is 5.86. The molecular weight excluding hydrogens is 344 g/mol. The SMILES string of the molecule is CC(OC(=O)CCc1nc(-c2ccco2)no1)C(=O)NC(=O)NC1CC1. The van der Waals surface area contributed by atoms with Gasteiger partial charge in [-0.25, -0.2) is 4.79 Å². The number of nitrogens with zero attached hydrogens (tertiary/aromatic N) is 2. The van der Waals surface area contributed by atoms with E-state index in [0.29, 0.717) is 5.76 Å². The first-order chi connectivity index (χ1) is 12.5. The van der Waals surface area contributed by atoms with Gasteiger partial charge in [0, 0.05) is 12.5 Å². The summed E-state index contributed by atoms with van der Waals surface area (Å²) in [5.41, 5.74) is 0. The molecular formula is C16H18N4O6. The Balaban J connectivity index is 1.40. The standard InChI is InChI=1S/C16H18N4O6/c1-9(15(22)19-16(23)17-10-4-5-10)25-13(21)7-6-12-18-14(20-26-12)11-3-2-8-24-11/h2-3,8-10H,4-7H2,1H3,(H2,17,19,22,23). The molecule has 10 heteroatoms. The first-order valence-electron chi connectivity index (χ1n) is 8.18. The molecule has 1 saturated carbocycles. The Bertz CT molecular complexity index is 781. The van der Waals surface area contributed by atoms with Gasteiger partial charge in [-0.15, -0.1) is 0 Å². The molecule has 10 nitrogen and oxygen atoms in total. The number of esters is 1. The van der Waals surface area contributed by atoms with E-state index in [-0.39, 0.29) is 30.6 Å². The lowest BCUT2D eigenvalue weighted by Crippen LogP contribution is -2.45. The molecule has 0 aliphatic heterocycles. The van der Waals surface area contributed by atoms with E-state index >= 15 is 0 Å². The molecule has 0 aromatic carbocycles. The fraction of sp³-hybridized carbons (Fsp3) is 0.438. The van der Waals surface area contributed by atoms with Crippen LogP contribution in [0.1, 0.15) is 32.1 Å². The Kier molecular flexibility index (Phi) is 5.30. The Morgan fingerprint density at radius 1 is 1.38 bits per heavy atom. The van der Waals surface area contributed by atoms with Crippen LogP contribution < -0.4 is 10.6 Å². The number of hydrogen-bond acceptors (Lipinski definition) is 8. The number of ether oxygens (including phenoxy) is 1. The number of rotatable bonds is 7. The van der Waals surface area contributed by atoms with E-state index in [9.17, 15) is 14.4 Å². The van der Waals surface area contributed by atoms with Gasteiger partial charge in [0.15, 0.2) is 11.9 Å². The minimum atomic E-state index is -1.09. The van der Waals surface area contributed by atoms with Gasteiger partial charge in [-0.3, -0.25) is 14.9 Å². The van der Waals surface area contributed by atoms with Crippen molar-refractivity contribution < 1.29 is 28.1 Å². The second kappa shape index (κ2) is 7.81. The molecule has 2 aromatic rings. The first-order valence-corrected chi connectivity index (χ1v) is 8.18. The van der Waals surface area contributed by atoms with E-state index in [4.69, 9.17) is 13.7 Å². The zero-order valence-corrected chi connectivity index (χ0v) is 14.1. The highest BCUT2D eigenvalue weighted by atomic mass is 16.5. The Morgan fingerprint density at radius 2 is 2.19 bits per heavy atom. The van der Waals surface area contributed by atoms with Crippen LogP contribution in [0.5, 0.6) is 0 Å². The average molecular weight is 362 g/mol. The largest absolute Gasteiger partial charge is 0.461 e. The molecule has 1 unspecified atom stereocenters. The summed E-state index contributed by atoms with van der Waals surface area (Å²) in [7, 11) is 0. The highest BCUT2D eigenvalue weighted by Crippen LogP contribution is 2.18. The summed E-state index contributed by atoms with van der Waals surface area (Å²) in [6.07, 6.45) is 2.32. The van der Waals surface area contributed by atoms with Gasteiger partial charge in [0.2, 0.25) is 11.7 Å². The number of imide groups is 1. The fourth-order valence-corrected chi connectivity index (χ4v) is 2.04. The van der Waals surface area contributed by atoms with Crippen LogP contribution in [-0.4, -0.2) is 40.2 Å². The van der Waals surface area contributed by atoms with Gasteiger partial charge in [0.05, 0.1) is 12.7 Å². The molecule has 2 heterocycles. The number of carbonyl (C=O) groups excluding carboxylic acids is 3. The zero-order valence-electron chi connectivity index (χ0n) is 14.1. The van der Waals surface area contributed by atoms with Crippen molar-refractivity contribution in [3.8, 4) is 11.6 Å². The van der Waals surface area contributed by atoms with E-state index < -0.39 is 24.0 Å². The molecule has 0 saturated heterocycles. The minimum absolute atomic E-state index is 0.0499. The Labute approximate surface area is 148 Å². The van der Waals surface area contributed by atoms with Crippen LogP contribution >= 0.6 is 0 Å². The van der Waals surface area contributed by atoms with Crippen molar-refractivity contribution in [2.75, 3.05) is 0 Å². The lowest BCUT2D eigenvalue weighted by Gasteiger charge is -2.12. The summed E-state index contributed by atoms with van der Waals surface area (Å²) in [6, 6.07) is 2.92. The van der Waals surface area contributed by atoms with Crippen molar-refractivity contribution in [1.29, 1.82) is 0 Å². The van der Waals surface area contributed by atoms with Gasteiger partial charge in [-0.2, -0.15) is 4.98 Å². The lowest BCUT2D eigenvalue weighted by molar-refractivity contribution is -0.154. The van der Waals surface area contributed by atoms with E-state index in [1.54, 1.807) is 12.1 Å². The molecule has 0 spiro atoms. The zero-order chi connectivity index (χ0) is 18.5. The third-order valence-corrected chi connectivity index (χ3v) is 3.58. The van der Waals surface area contributed by atoms with Crippen LogP contribution in [0.4, 0.5) is 4.79 Å². The molecule has 2 aromatic heterocycles. The van der Waals surface area contributed by atoms with Crippen molar-refractivity contribution in [3.63, 3.8) is 0 Å². The number of amides is 3. The quantitative estimate of drug-likeness (QED) is 0.701. The molecule has 0 bridgehead atoms. The Morgan fingerprint density at radius 3 is 2.88 bits per heavy atom. The predicted octanol–water partition coefficient (Wildman–Crippen LogP) is 1.18. The average Bonchev–Trinajstić information content (AvgIpc) is 3.08. The highest BCUT2D eigenvalue weighted by molar-refractivity contribution is 5.97. The molecule has 1 atom stereocenters. The number of hydrogen-bond donors (Lipinski definition) is 2. The summed E-state index contributed by atoms with van der Waals surface area (Å²) >= 11 is 0. The van der Waals surface area contributed by atoms with Crippen molar-refractivity contribution in [3.05, 3.63) is 24.3 Å². The maximum absolute atomic E-state index is 11.8. The Hall–Kier alpha value is -3.17. The summed E-state index contributed by atoms with van der Waals surface area (Å²) in [6.45, 7) is 1.39. The van der Waals surface area contributed by atoms with Crippen molar-refractivity contribution in [2.45, 2.75) is 44.8 Å². The molecule has 3 amide bonds. The number of aryl methyl sites for hydroxylation is 1. The van der Waals surface area contributed by atoms with Crippen molar-refractivity contribution in [2.24, 2.45) is 0 Å². The van der Waals surface area contributed by atoms with E-state index in [0.717, 1.165) is 12.8 Å². The van der Waals surface area contributed by atoms with Gasteiger partial charge >= 0.3 is 12.0 Å². The van der Waals surface area contributed by atoms with Crippen LogP contribution in [0.15, 0.2) is 27.3 Å². The molecule has 3 rings (SSSR count). The number of furan rings is 1. The number of urea groups is 1. The third-order valence-electron chi connectivity index (χ3n) is 3.58. The number of carbonyl (C=O) groups is 3. The molecule has 0 radical (unpaired) electrons. The van der Waals surface area contributed by atoms with E-state index in [2.05, 4.69) is 20.8 Å². The number of aromatic nitrogens is 2. The van der Waals surface area contributed by atoms with Crippen LogP contribution in [0, 0.1) is 0 Å². The highest BCUT2D eigenvalue weighted by Gasteiger charge is 2.26. The van der Waals surface area contributed by atoms with Gasteiger partial charge < -0.3 is 19.0 Å². The van der Waals surface area contributed by atoms with Crippen LogP contribution in [-0.2, 0) is 20.7 Å². The summed E-state index contributed by atoms with van der Waals surface area (Å²) < 4.78 is 15.2. The second-order valence-electron chi connectivity index (χ2n) is 5.86. The third kappa shape index (κ3) is 4.91. The monoisotopic (exact) mass is 362 g/mol. The van der Waals surface area contributed by atoms with Gasteiger partial charge in [-0.05, 0) is 31.9 Å². The van der Waals surface area contributed by atoms with E-state index in [1.807, 2.05) is 0 Å². The summed E-state index contributed by atoms with van der Waals surface area (Å²) in [4.78, 5) is 39.2. The van der Waals surface area contributed by atoms with Gasteiger partial charge in [0.25, 0.3) is 5.91 Å². The summed E-state index contributed by atoms with van der Waals surface area (Å²) in [5, 5.41) is 8.49. The molecule has 26 heavy (non-hydrogen) atoms. The fourth-order valence-electron chi connectivity index (χ4n) is 2.04.